The molecule has 2 aliphatic heterocycles. The van der Waals surface area contributed by atoms with Crippen LogP contribution in [0.5, 0.6) is 0 Å². The van der Waals surface area contributed by atoms with Crippen LogP contribution in [-0.2, 0) is 23.1 Å². The number of anilines is 1. The highest BCUT2D eigenvalue weighted by Crippen LogP contribution is 2.24. The minimum absolute atomic E-state index is 0.0212. The van der Waals surface area contributed by atoms with Crippen molar-refractivity contribution in [3.63, 3.8) is 0 Å². The van der Waals surface area contributed by atoms with Gasteiger partial charge in [-0.05, 0) is 25.0 Å². The van der Waals surface area contributed by atoms with Gasteiger partial charge in [0.05, 0.1) is 19.3 Å². The van der Waals surface area contributed by atoms with E-state index in [2.05, 4.69) is 25.2 Å². The van der Waals surface area contributed by atoms with Crippen molar-refractivity contribution in [3.8, 4) is 0 Å². The average Bonchev–Trinajstić information content (AvgIpc) is 3.60. The topological polar surface area (TPSA) is 132 Å². The van der Waals surface area contributed by atoms with Gasteiger partial charge in [-0.2, -0.15) is 13.2 Å². The molecule has 0 bridgehead atoms. The fourth-order valence-electron chi connectivity index (χ4n) is 4.12. The number of carboxylic acid groups (broad SMARTS) is 1. The van der Waals surface area contributed by atoms with Crippen molar-refractivity contribution >= 4 is 28.9 Å². The molecule has 1 unspecified atom stereocenters. The van der Waals surface area contributed by atoms with Crippen molar-refractivity contribution in [3.05, 3.63) is 30.4 Å². The van der Waals surface area contributed by atoms with E-state index in [0.29, 0.717) is 37.6 Å². The van der Waals surface area contributed by atoms with Gasteiger partial charge in [-0.15, -0.1) is 5.10 Å². The molecule has 0 aliphatic carbocycles. The van der Waals surface area contributed by atoms with E-state index in [9.17, 15) is 18.0 Å². The van der Waals surface area contributed by atoms with Crippen LogP contribution in [0.2, 0.25) is 0 Å². The van der Waals surface area contributed by atoms with Crippen molar-refractivity contribution in [2.45, 2.75) is 31.7 Å². The summed E-state index contributed by atoms with van der Waals surface area (Å²) in [5.74, 6) is -1.88. The van der Waals surface area contributed by atoms with Gasteiger partial charge in [0.25, 0.3) is 5.91 Å². The van der Waals surface area contributed by atoms with Crippen molar-refractivity contribution in [1.82, 2.24) is 34.4 Å². The first kappa shape index (κ1) is 25.3. The van der Waals surface area contributed by atoms with Crippen LogP contribution in [0, 0.1) is 0 Å². The summed E-state index contributed by atoms with van der Waals surface area (Å²) >= 11 is 0. The third kappa shape index (κ3) is 5.56. The number of morpholine rings is 1. The number of carbonyl (C=O) groups excluding carboxylic acids is 1. The second-order valence-corrected chi connectivity index (χ2v) is 8.39. The molecule has 36 heavy (non-hydrogen) atoms. The molecule has 0 saturated carbocycles. The van der Waals surface area contributed by atoms with Crippen LogP contribution in [0.25, 0.3) is 11.2 Å². The number of hydrogen-bond acceptors (Lipinski definition) is 8. The number of hydrogen-bond donors (Lipinski definition) is 1. The first-order valence-electron chi connectivity index (χ1n) is 11.3. The Balaban J connectivity index is 0.000000384. The fraction of sp³-hybridized carbons (Fsp3) is 0.524. The lowest BCUT2D eigenvalue weighted by molar-refractivity contribution is -0.192. The van der Waals surface area contributed by atoms with E-state index in [1.54, 1.807) is 11.0 Å². The van der Waals surface area contributed by atoms with E-state index >= 15 is 0 Å². The van der Waals surface area contributed by atoms with E-state index in [1.165, 1.54) is 12.8 Å². The number of carbonyl (C=O) groups is 2. The molecule has 0 aromatic carbocycles. The summed E-state index contributed by atoms with van der Waals surface area (Å²) < 4.78 is 41.3. The predicted molar refractivity (Wildman–Crippen MR) is 119 cm³/mol. The maximum absolute atomic E-state index is 12.8. The molecule has 12 nitrogen and oxygen atoms in total. The maximum atomic E-state index is 12.8. The molecule has 5 rings (SSSR count). The average molecular weight is 510 g/mol. The number of nitrogens with zero attached hydrogens (tertiary/aromatic N) is 8. The van der Waals surface area contributed by atoms with Crippen LogP contribution in [0.3, 0.4) is 0 Å². The highest BCUT2D eigenvalue weighted by atomic mass is 19.4. The predicted octanol–water partition coefficient (Wildman–Crippen LogP) is 1.33. The summed E-state index contributed by atoms with van der Waals surface area (Å²) in [5, 5.41) is 15.8. The largest absolute Gasteiger partial charge is 0.490 e. The van der Waals surface area contributed by atoms with E-state index in [4.69, 9.17) is 14.6 Å². The molecular formula is C21H25F3N8O4. The molecule has 5 heterocycles. The SMILES string of the molecule is Cn1cccc1C(=O)N1CCOC(Cn2nnc3c(N4CCCC4)ncnc32)C1.O=C(O)C(F)(F)F. The Morgan fingerprint density at radius 2 is 1.92 bits per heavy atom. The van der Waals surface area contributed by atoms with Gasteiger partial charge in [-0.25, -0.2) is 19.4 Å². The van der Waals surface area contributed by atoms with Gasteiger partial charge in [0, 0.05) is 39.4 Å². The number of fused-ring (bicyclic) bond motifs is 1. The van der Waals surface area contributed by atoms with Crippen LogP contribution in [0.15, 0.2) is 24.7 Å². The smallest absolute Gasteiger partial charge is 0.475 e. The first-order valence-corrected chi connectivity index (χ1v) is 11.3. The third-order valence-corrected chi connectivity index (χ3v) is 5.89. The highest BCUT2D eigenvalue weighted by molar-refractivity contribution is 5.92. The second-order valence-electron chi connectivity index (χ2n) is 8.39. The molecule has 3 aromatic rings. The number of rotatable bonds is 4. The Labute approximate surface area is 203 Å². The number of ether oxygens (including phenoxy) is 1. The van der Waals surface area contributed by atoms with Crippen LogP contribution in [0.4, 0.5) is 19.0 Å². The number of amides is 1. The Morgan fingerprint density at radius 3 is 2.56 bits per heavy atom. The van der Waals surface area contributed by atoms with Gasteiger partial charge in [0.15, 0.2) is 17.0 Å². The summed E-state index contributed by atoms with van der Waals surface area (Å²) in [7, 11) is 1.88. The summed E-state index contributed by atoms with van der Waals surface area (Å²) in [6.07, 6.45) is 0.539. The molecule has 0 spiro atoms. The molecule has 2 saturated heterocycles. The Bertz CT molecular complexity index is 1220. The van der Waals surface area contributed by atoms with Gasteiger partial charge >= 0.3 is 12.1 Å². The van der Waals surface area contributed by atoms with Crippen LogP contribution >= 0.6 is 0 Å². The molecule has 194 valence electrons. The van der Waals surface area contributed by atoms with E-state index < -0.39 is 12.1 Å². The van der Waals surface area contributed by atoms with Gasteiger partial charge in [-0.3, -0.25) is 4.79 Å². The lowest BCUT2D eigenvalue weighted by Gasteiger charge is -2.32. The molecule has 0 radical (unpaired) electrons. The molecule has 2 fully saturated rings. The molecular weight excluding hydrogens is 485 g/mol. The normalized spacial score (nSPS) is 18.3. The zero-order valence-corrected chi connectivity index (χ0v) is 19.4. The molecule has 2 aliphatic rings. The van der Waals surface area contributed by atoms with Crippen LogP contribution in [0.1, 0.15) is 23.3 Å². The summed E-state index contributed by atoms with van der Waals surface area (Å²) in [5.41, 5.74) is 2.11. The van der Waals surface area contributed by atoms with Crippen LogP contribution < -0.4 is 4.90 Å². The van der Waals surface area contributed by atoms with Crippen molar-refractivity contribution in [2.75, 3.05) is 37.7 Å². The number of aromatic nitrogens is 6. The molecule has 15 heteroatoms. The number of halogens is 3. The standard InChI is InChI=1S/C19H24N8O2.C2HF3O2/c1-24-6-4-5-15(24)19(28)26-9-10-29-14(11-26)12-27-18-16(22-23-27)17(20-13-21-18)25-7-2-3-8-25;3-2(4,5)1(6)7/h4-6,13-14H,2-3,7-12H2,1H3;(H,6,7). The van der Waals surface area contributed by atoms with Crippen molar-refractivity contribution in [1.29, 1.82) is 0 Å². The monoisotopic (exact) mass is 510 g/mol. The molecule has 1 atom stereocenters. The third-order valence-electron chi connectivity index (χ3n) is 5.89. The van der Waals surface area contributed by atoms with E-state index in [1.807, 2.05) is 34.8 Å². The van der Waals surface area contributed by atoms with E-state index in [-0.39, 0.29) is 12.0 Å². The molecule has 1 amide bonds. The zero-order chi connectivity index (χ0) is 25.9. The minimum Gasteiger partial charge on any atom is -0.475 e. The lowest BCUT2D eigenvalue weighted by Crippen LogP contribution is -2.47. The number of carboxylic acids is 1. The molecule has 1 N–H and O–H groups in total. The van der Waals surface area contributed by atoms with Gasteiger partial charge in [0.1, 0.15) is 12.0 Å². The van der Waals surface area contributed by atoms with Crippen molar-refractivity contribution < 1.29 is 32.6 Å². The highest BCUT2D eigenvalue weighted by Gasteiger charge is 2.38. The molecule has 3 aromatic heterocycles. The lowest BCUT2D eigenvalue weighted by atomic mass is 10.2. The number of alkyl halides is 3. The first-order chi connectivity index (χ1) is 17.1. The van der Waals surface area contributed by atoms with Gasteiger partial charge < -0.3 is 24.2 Å². The quantitative estimate of drug-likeness (QED) is 0.552. The number of aryl methyl sites for hydroxylation is 1. The Kier molecular flexibility index (Phi) is 7.37. The van der Waals surface area contributed by atoms with Crippen LogP contribution in [-0.4, -0.2) is 96.5 Å². The van der Waals surface area contributed by atoms with E-state index in [0.717, 1.165) is 24.4 Å². The maximum Gasteiger partial charge on any atom is 0.490 e. The Hall–Kier alpha value is -3.75. The van der Waals surface area contributed by atoms with Crippen molar-refractivity contribution in [2.24, 2.45) is 7.05 Å². The second kappa shape index (κ2) is 10.5. The summed E-state index contributed by atoms with van der Waals surface area (Å²) in [4.78, 5) is 34.6. The number of aliphatic carboxylic acids is 1. The Morgan fingerprint density at radius 1 is 1.19 bits per heavy atom. The summed E-state index contributed by atoms with van der Waals surface area (Å²) in [6, 6.07) is 3.72. The zero-order valence-electron chi connectivity index (χ0n) is 19.4. The van der Waals surface area contributed by atoms with Gasteiger partial charge in [0.2, 0.25) is 0 Å². The fourth-order valence-corrected chi connectivity index (χ4v) is 4.12. The van der Waals surface area contributed by atoms with Gasteiger partial charge in [-0.1, -0.05) is 5.21 Å². The minimum atomic E-state index is -5.08. The summed E-state index contributed by atoms with van der Waals surface area (Å²) in [6.45, 7) is 4.06.